The van der Waals surface area contributed by atoms with Crippen molar-refractivity contribution >= 4 is 34.6 Å². The number of thiazole rings is 1. The van der Waals surface area contributed by atoms with Crippen LogP contribution in [0.3, 0.4) is 0 Å². The summed E-state index contributed by atoms with van der Waals surface area (Å²) in [6.45, 7) is 5.65. The smallest absolute Gasteiger partial charge is 0.358 e. The standard InChI is InChI=1S/C20H20N2O3S2/c1-12-6-7-15(9-13(12)2)14(3)21-18(23)10-25-20(24)16-11-27-19(22-16)17-5-4-8-26-17/h4-9,11,14H,10H2,1-3H3,(H,21,23)/t14-/m0/s1. The summed E-state index contributed by atoms with van der Waals surface area (Å²) in [5, 5.41) is 7.21. The summed E-state index contributed by atoms with van der Waals surface area (Å²) in [5.74, 6) is -0.939. The van der Waals surface area contributed by atoms with Gasteiger partial charge in [0.2, 0.25) is 0 Å². The third-order valence-corrected chi connectivity index (χ3v) is 6.07. The Morgan fingerprint density at radius 2 is 2.00 bits per heavy atom. The van der Waals surface area contributed by atoms with Gasteiger partial charge < -0.3 is 10.1 Å². The Hall–Kier alpha value is -2.51. The van der Waals surface area contributed by atoms with Crippen LogP contribution in [0.4, 0.5) is 0 Å². The highest BCUT2D eigenvalue weighted by atomic mass is 32.1. The molecule has 0 aliphatic carbocycles. The Morgan fingerprint density at radius 3 is 2.70 bits per heavy atom. The number of esters is 1. The Bertz CT molecular complexity index is 948. The number of hydrogen-bond acceptors (Lipinski definition) is 6. The minimum atomic E-state index is -0.594. The molecule has 3 aromatic rings. The van der Waals surface area contributed by atoms with Gasteiger partial charge in [-0.25, -0.2) is 9.78 Å². The summed E-state index contributed by atoms with van der Waals surface area (Å²) in [6.07, 6.45) is 0. The van der Waals surface area contributed by atoms with Crippen molar-refractivity contribution in [3.05, 3.63) is 63.5 Å². The summed E-state index contributed by atoms with van der Waals surface area (Å²) < 4.78 is 5.10. The largest absolute Gasteiger partial charge is 0.451 e. The molecule has 7 heteroatoms. The molecule has 0 bridgehead atoms. The number of benzene rings is 1. The summed E-state index contributed by atoms with van der Waals surface area (Å²) in [4.78, 5) is 29.5. The number of nitrogens with zero attached hydrogens (tertiary/aromatic N) is 1. The highest BCUT2D eigenvalue weighted by Crippen LogP contribution is 2.27. The lowest BCUT2D eigenvalue weighted by atomic mass is 10.0. The van der Waals surface area contributed by atoms with E-state index in [-0.39, 0.29) is 24.2 Å². The molecule has 5 nitrogen and oxygen atoms in total. The lowest BCUT2D eigenvalue weighted by molar-refractivity contribution is -0.124. The molecule has 0 aliphatic heterocycles. The maximum absolute atomic E-state index is 12.1. The molecule has 0 aliphatic rings. The summed E-state index contributed by atoms with van der Waals surface area (Å²) >= 11 is 2.94. The number of hydrogen-bond donors (Lipinski definition) is 1. The Labute approximate surface area is 166 Å². The minimum absolute atomic E-state index is 0.166. The number of nitrogens with one attached hydrogen (secondary N) is 1. The van der Waals surface area contributed by atoms with Crippen molar-refractivity contribution in [2.45, 2.75) is 26.8 Å². The van der Waals surface area contributed by atoms with Gasteiger partial charge in [-0.15, -0.1) is 22.7 Å². The first kappa shape index (κ1) is 19.3. The zero-order chi connectivity index (χ0) is 19.4. The number of ether oxygens (including phenoxy) is 1. The van der Waals surface area contributed by atoms with E-state index in [9.17, 15) is 9.59 Å². The van der Waals surface area contributed by atoms with Gasteiger partial charge in [-0.2, -0.15) is 0 Å². The third-order valence-electron chi connectivity index (χ3n) is 4.19. The molecule has 0 unspecified atom stereocenters. The highest BCUT2D eigenvalue weighted by molar-refractivity contribution is 7.20. The average Bonchev–Trinajstić information content (AvgIpc) is 3.33. The van der Waals surface area contributed by atoms with Crippen LogP contribution in [0.5, 0.6) is 0 Å². The van der Waals surface area contributed by atoms with Crippen molar-refractivity contribution < 1.29 is 14.3 Å². The molecule has 0 saturated carbocycles. The van der Waals surface area contributed by atoms with Gasteiger partial charge >= 0.3 is 5.97 Å². The van der Waals surface area contributed by atoms with Crippen LogP contribution in [0.15, 0.2) is 41.1 Å². The zero-order valence-corrected chi connectivity index (χ0v) is 16.9. The lowest BCUT2D eigenvalue weighted by Crippen LogP contribution is -2.31. The molecular formula is C20H20N2O3S2. The summed E-state index contributed by atoms with van der Waals surface area (Å²) in [7, 11) is 0. The van der Waals surface area contributed by atoms with Crippen molar-refractivity contribution in [1.29, 1.82) is 0 Å². The van der Waals surface area contributed by atoms with Crippen molar-refractivity contribution in [2.24, 2.45) is 0 Å². The molecule has 1 atom stereocenters. The van der Waals surface area contributed by atoms with Crippen LogP contribution in [-0.2, 0) is 9.53 Å². The lowest BCUT2D eigenvalue weighted by Gasteiger charge is -2.15. The summed E-state index contributed by atoms with van der Waals surface area (Å²) in [6, 6.07) is 9.77. The average molecular weight is 401 g/mol. The molecule has 0 radical (unpaired) electrons. The first-order valence-corrected chi connectivity index (χ1v) is 10.2. The second kappa shape index (κ2) is 8.45. The van der Waals surface area contributed by atoms with E-state index in [2.05, 4.69) is 10.3 Å². The Kier molecular flexibility index (Phi) is 6.03. The molecule has 27 heavy (non-hydrogen) atoms. The quantitative estimate of drug-likeness (QED) is 0.618. The van der Waals surface area contributed by atoms with Crippen LogP contribution in [0, 0.1) is 13.8 Å². The van der Waals surface area contributed by atoms with Gasteiger partial charge in [0.1, 0.15) is 5.01 Å². The van der Waals surface area contributed by atoms with E-state index >= 15 is 0 Å². The molecule has 1 aromatic carbocycles. The monoisotopic (exact) mass is 400 g/mol. The number of aromatic nitrogens is 1. The second-order valence-electron chi connectivity index (χ2n) is 6.22. The number of thiophene rings is 1. The van der Waals surface area contributed by atoms with Crippen LogP contribution >= 0.6 is 22.7 Å². The third kappa shape index (κ3) is 4.81. The molecule has 0 spiro atoms. The van der Waals surface area contributed by atoms with Crippen LogP contribution in [0.2, 0.25) is 0 Å². The number of rotatable bonds is 6. The number of amides is 1. The van der Waals surface area contributed by atoms with Gasteiger partial charge in [0.05, 0.1) is 10.9 Å². The van der Waals surface area contributed by atoms with Crippen LogP contribution in [0.1, 0.15) is 40.1 Å². The van der Waals surface area contributed by atoms with E-state index in [4.69, 9.17) is 4.74 Å². The van der Waals surface area contributed by atoms with Gasteiger partial charge in [0.25, 0.3) is 5.91 Å². The van der Waals surface area contributed by atoms with E-state index in [1.54, 1.807) is 16.7 Å². The predicted molar refractivity (Wildman–Crippen MR) is 108 cm³/mol. The topological polar surface area (TPSA) is 68.3 Å². The second-order valence-corrected chi connectivity index (χ2v) is 8.03. The predicted octanol–water partition coefficient (Wildman–Crippen LogP) is 4.52. The molecule has 140 valence electrons. The maximum Gasteiger partial charge on any atom is 0.358 e. The van der Waals surface area contributed by atoms with E-state index in [1.165, 1.54) is 22.5 Å². The number of carbonyl (C=O) groups is 2. The molecule has 2 heterocycles. The first-order valence-electron chi connectivity index (χ1n) is 8.47. The van der Waals surface area contributed by atoms with Gasteiger partial charge in [-0.05, 0) is 48.9 Å². The Morgan fingerprint density at radius 1 is 1.19 bits per heavy atom. The molecule has 0 fully saturated rings. The number of carbonyl (C=O) groups excluding carboxylic acids is 2. The molecule has 1 N–H and O–H groups in total. The van der Waals surface area contributed by atoms with Gasteiger partial charge in [0, 0.05) is 5.38 Å². The van der Waals surface area contributed by atoms with E-state index in [0.717, 1.165) is 15.4 Å². The fourth-order valence-corrected chi connectivity index (χ4v) is 4.09. The maximum atomic E-state index is 12.1. The normalized spacial score (nSPS) is 11.8. The van der Waals surface area contributed by atoms with Gasteiger partial charge in [-0.1, -0.05) is 24.3 Å². The van der Waals surface area contributed by atoms with E-state index in [0.29, 0.717) is 0 Å². The SMILES string of the molecule is Cc1ccc([C@H](C)NC(=O)COC(=O)c2csc(-c3cccs3)n2)cc1C. The van der Waals surface area contributed by atoms with Crippen molar-refractivity contribution in [1.82, 2.24) is 10.3 Å². The zero-order valence-electron chi connectivity index (χ0n) is 15.3. The number of aryl methyl sites for hydroxylation is 2. The molecule has 2 aromatic heterocycles. The minimum Gasteiger partial charge on any atom is -0.451 e. The molecular weight excluding hydrogens is 380 g/mol. The van der Waals surface area contributed by atoms with Gasteiger partial charge in [0.15, 0.2) is 12.3 Å². The fourth-order valence-electron chi connectivity index (χ4n) is 2.49. The van der Waals surface area contributed by atoms with Crippen LogP contribution in [0.25, 0.3) is 9.88 Å². The molecule has 3 rings (SSSR count). The fraction of sp³-hybridized carbons (Fsp3) is 0.250. The van der Waals surface area contributed by atoms with Gasteiger partial charge in [-0.3, -0.25) is 4.79 Å². The van der Waals surface area contributed by atoms with E-state index in [1.807, 2.05) is 56.5 Å². The molecule has 1 amide bonds. The van der Waals surface area contributed by atoms with Crippen molar-refractivity contribution in [3.8, 4) is 9.88 Å². The Balaban J connectivity index is 1.52. The van der Waals surface area contributed by atoms with Crippen LogP contribution in [-0.4, -0.2) is 23.5 Å². The van der Waals surface area contributed by atoms with Crippen molar-refractivity contribution in [3.63, 3.8) is 0 Å². The highest BCUT2D eigenvalue weighted by Gasteiger charge is 2.16. The van der Waals surface area contributed by atoms with Crippen LogP contribution < -0.4 is 5.32 Å². The first-order chi connectivity index (χ1) is 12.9. The summed E-state index contributed by atoms with van der Waals surface area (Å²) in [5.41, 5.74) is 3.61. The molecule has 0 saturated heterocycles. The van der Waals surface area contributed by atoms with Crippen molar-refractivity contribution in [2.75, 3.05) is 6.61 Å². The van der Waals surface area contributed by atoms with E-state index < -0.39 is 5.97 Å².